The van der Waals surface area contributed by atoms with Gasteiger partial charge in [0.2, 0.25) is 0 Å². The van der Waals surface area contributed by atoms with Crippen molar-refractivity contribution in [3.8, 4) is 0 Å². The summed E-state index contributed by atoms with van der Waals surface area (Å²) in [6.07, 6.45) is 1.13. The molecule has 0 aliphatic carbocycles. The van der Waals surface area contributed by atoms with Gasteiger partial charge >= 0.3 is 0 Å². The third-order valence-electron chi connectivity index (χ3n) is 5.66. The van der Waals surface area contributed by atoms with E-state index in [2.05, 4.69) is 105 Å². The van der Waals surface area contributed by atoms with Crippen molar-refractivity contribution in [2.75, 3.05) is 0 Å². The summed E-state index contributed by atoms with van der Waals surface area (Å²) in [7, 11) is 0. The smallest absolute Gasteiger partial charge is 0.117 e. The van der Waals surface area contributed by atoms with Gasteiger partial charge in [-0.25, -0.2) is 4.98 Å². The second-order valence-electron chi connectivity index (χ2n) is 8.59. The Bertz CT molecular complexity index is 1090. The number of benzene rings is 3. The molecule has 1 heterocycles. The van der Waals surface area contributed by atoms with E-state index in [0.29, 0.717) is 5.92 Å². The minimum atomic E-state index is 0.237. The maximum Gasteiger partial charge on any atom is 0.117 e. The zero-order valence-corrected chi connectivity index (χ0v) is 17.9. The van der Waals surface area contributed by atoms with Gasteiger partial charge in [0.25, 0.3) is 0 Å². The molecule has 148 valence electrons. The van der Waals surface area contributed by atoms with E-state index >= 15 is 0 Å². The minimum absolute atomic E-state index is 0.237. The molecule has 29 heavy (non-hydrogen) atoms. The van der Waals surface area contributed by atoms with E-state index in [-0.39, 0.29) is 5.92 Å². The number of para-hydroxylation sites is 2. The van der Waals surface area contributed by atoms with E-state index in [0.717, 1.165) is 24.3 Å². The Morgan fingerprint density at radius 1 is 0.793 bits per heavy atom. The number of hydrogen-bond donors (Lipinski definition) is 0. The average Bonchev–Trinajstić information content (AvgIpc) is 3.08. The van der Waals surface area contributed by atoms with Gasteiger partial charge in [0.15, 0.2) is 0 Å². The maximum atomic E-state index is 5.04. The molecule has 0 N–H and O–H groups in total. The first-order chi connectivity index (χ1) is 14.0. The highest BCUT2D eigenvalue weighted by Gasteiger charge is 2.18. The molecule has 1 aromatic heterocycles. The molecule has 1 atom stereocenters. The molecule has 0 radical (unpaired) electrons. The van der Waals surface area contributed by atoms with E-state index in [9.17, 15) is 0 Å². The molecule has 0 amide bonds. The molecule has 0 spiro atoms. The highest BCUT2D eigenvalue weighted by Crippen LogP contribution is 2.28. The van der Waals surface area contributed by atoms with Crippen LogP contribution >= 0.6 is 0 Å². The molecule has 0 saturated heterocycles. The molecule has 0 fully saturated rings. The largest absolute Gasteiger partial charge is 0.323 e. The van der Waals surface area contributed by atoms with Crippen molar-refractivity contribution in [1.29, 1.82) is 0 Å². The Kier molecular flexibility index (Phi) is 5.53. The molecular formula is C27H30N2. The fraction of sp³-hybridized carbons (Fsp3) is 0.296. The predicted molar refractivity (Wildman–Crippen MR) is 123 cm³/mol. The molecule has 0 saturated carbocycles. The van der Waals surface area contributed by atoms with Gasteiger partial charge < -0.3 is 4.57 Å². The van der Waals surface area contributed by atoms with Crippen LogP contribution in [0.4, 0.5) is 0 Å². The lowest BCUT2D eigenvalue weighted by atomic mass is 9.96. The third kappa shape index (κ3) is 4.27. The van der Waals surface area contributed by atoms with Gasteiger partial charge in [-0.2, -0.15) is 0 Å². The lowest BCUT2D eigenvalue weighted by Crippen LogP contribution is -2.09. The Morgan fingerprint density at radius 3 is 2.14 bits per heavy atom. The highest BCUT2D eigenvalue weighted by molar-refractivity contribution is 5.76. The molecule has 0 aliphatic rings. The Labute approximate surface area is 174 Å². The lowest BCUT2D eigenvalue weighted by molar-refractivity contribution is 0.646. The maximum absolute atomic E-state index is 5.04. The molecule has 0 aliphatic heterocycles. The zero-order chi connectivity index (χ0) is 20.4. The van der Waals surface area contributed by atoms with Gasteiger partial charge in [0.05, 0.1) is 11.0 Å². The van der Waals surface area contributed by atoms with Crippen LogP contribution in [0, 0.1) is 12.8 Å². The van der Waals surface area contributed by atoms with Crippen LogP contribution in [0.5, 0.6) is 0 Å². The van der Waals surface area contributed by atoms with Crippen molar-refractivity contribution in [3.63, 3.8) is 0 Å². The van der Waals surface area contributed by atoms with Crippen LogP contribution < -0.4 is 0 Å². The van der Waals surface area contributed by atoms with Crippen molar-refractivity contribution in [3.05, 3.63) is 101 Å². The van der Waals surface area contributed by atoms with E-state index in [1.54, 1.807) is 0 Å². The minimum Gasteiger partial charge on any atom is -0.323 e. The summed E-state index contributed by atoms with van der Waals surface area (Å²) in [4.78, 5) is 5.04. The number of rotatable bonds is 6. The van der Waals surface area contributed by atoms with Crippen molar-refractivity contribution in [2.45, 2.75) is 46.6 Å². The Hall–Kier alpha value is -2.87. The van der Waals surface area contributed by atoms with E-state index in [1.807, 2.05) is 0 Å². The SMILES string of the molecule is Cc1ccc(Cn2c([C@@H](C)c3ccc(CC(C)C)cc3)nc3ccccc32)cc1. The van der Waals surface area contributed by atoms with Gasteiger partial charge in [-0.3, -0.25) is 0 Å². The fourth-order valence-corrected chi connectivity index (χ4v) is 4.03. The monoisotopic (exact) mass is 382 g/mol. The predicted octanol–water partition coefficient (Wildman–Crippen LogP) is 6.74. The lowest BCUT2D eigenvalue weighted by Gasteiger charge is -2.16. The number of aromatic nitrogens is 2. The standard InChI is InChI=1S/C27H30N2/c1-19(2)17-22-13-15-24(16-14-22)21(4)27-28-25-7-5-6-8-26(25)29(27)18-23-11-9-20(3)10-12-23/h5-16,19,21H,17-18H2,1-4H3/t21-/m0/s1. The van der Waals surface area contributed by atoms with Crippen LogP contribution in [0.25, 0.3) is 11.0 Å². The van der Waals surface area contributed by atoms with Gasteiger partial charge in [-0.05, 0) is 48.1 Å². The highest BCUT2D eigenvalue weighted by atomic mass is 15.1. The summed E-state index contributed by atoms with van der Waals surface area (Å²) in [5.41, 5.74) is 7.59. The summed E-state index contributed by atoms with van der Waals surface area (Å²) in [6, 6.07) is 26.4. The van der Waals surface area contributed by atoms with Crippen molar-refractivity contribution < 1.29 is 0 Å². The summed E-state index contributed by atoms with van der Waals surface area (Å²) >= 11 is 0. The molecule has 0 unspecified atom stereocenters. The van der Waals surface area contributed by atoms with Gasteiger partial charge in [0.1, 0.15) is 5.82 Å². The summed E-state index contributed by atoms with van der Waals surface area (Å²) in [5.74, 6) is 2.04. The average molecular weight is 383 g/mol. The van der Waals surface area contributed by atoms with Crippen LogP contribution in [0.15, 0.2) is 72.8 Å². The molecule has 3 aromatic carbocycles. The third-order valence-corrected chi connectivity index (χ3v) is 5.66. The number of hydrogen-bond acceptors (Lipinski definition) is 1. The first kappa shape index (κ1) is 19.4. The van der Waals surface area contributed by atoms with Crippen molar-refractivity contribution in [1.82, 2.24) is 9.55 Å². The van der Waals surface area contributed by atoms with Gasteiger partial charge in [-0.15, -0.1) is 0 Å². The normalized spacial score (nSPS) is 12.6. The zero-order valence-electron chi connectivity index (χ0n) is 17.9. The molecule has 2 heteroatoms. The first-order valence-electron chi connectivity index (χ1n) is 10.6. The molecule has 0 bridgehead atoms. The van der Waals surface area contributed by atoms with E-state index in [1.165, 1.54) is 27.8 Å². The summed E-state index contributed by atoms with van der Waals surface area (Å²) < 4.78 is 2.38. The van der Waals surface area contributed by atoms with Crippen LogP contribution in [0.1, 0.15) is 54.8 Å². The molecule has 4 aromatic rings. The second kappa shape index (κ2) is 8.24. The van der Waals surface area contributed by atoms with Crippen LogP contribution in [-0.4, -0.2) is 9.55 Å². The van der Waals surface area contributed by atoms with Crippen LogP contribution in [0.3, 0.4) is 0 Å². The number of nitrogens with zero attached hydrogens (tertiary/aromatic N) is 2. The van der Waals surface area contributed by atoms with Crippen LogP contribution in [-0.2, 0) is 13.0 Å². The van der Waals surface area contributed by atoms with E-state index < -0.39 is 0 Å². The van der Waals surface area contributed by atoms with Crippen molar-refractivity contribution in [2.24, 2.45) is 5.92 Å². The number of fused-ring (bicyclic) bond motifs is 1. The molecular weight excluding hydrogens is 352 g/mol. The fourth-order valence-electron chi connectivity index (χ4n) is 4.03. The summed E-state index contributed by atoms with van der Waals surface area (Å²) in [5, 5.41) is 0. The number of aryl methyl sites for hydroxylation is 1. The Balaban J connectivity index is 1.71. The van der Waals surface area contributed by atoms with E-state index in [4.69, 9.17) is 4.98 Å². The quantitative estimate of drug-likeness (QED) is 0.361. The molecule has 4 rings (SSSR count). The second-order valence-corrected chi connectivity index (χ2v) is 8.59. The van der Waals surface area contributed by atoms with Crippen molar-refractivity contribution >= 4 is 11.0 Å². The van der Waals surface area contributed by atoms with Gasteiger partial charge in [0, 0.05) is 12.5 Å². The van der Waals surface area contributed by atoms with Gasteiger partial charge in [-0.1, -0.05) is 87.0 Å². The van der Waals surface area contributed by atoms with Crippen LogP contribution in [0.2, 0.25) is 0 Å². The number of imidazole rings is 1. The first-order valence-corrected chi connectivity index (χ1v) is 10.6. The molecule has 2 nitrogen and oxygen atoms in total. The topological polar surface area (TPSA) is 17.8 Å². The Morgan fingerprint density at radius 2 is 1.45 bits per heavy atom. The summed E-state index contributed by atoms with van der Waals surface area (Å²) in [6.45, 7) is 9.77.